The number of carbonyl (C=O) groups excluding carboxylic acids is 2. The molecule has 1 atom stereocenters. The third kappa shape index (κ3) is 4.16. The van der Waals surface area contributed by atoms with E-state index in [1.807, 2.05) is 0 Å². The number of carboxylic acids is 1. The van der Waals surface area contributed by atoms with Crippen LogP contribution in [0, 0.1) is 0 Å². The number of phenolic OH excluding ortho intramolecular Hbond substituents is 2. The fourth-order valence-corrected chi connectivity index (χ4v) is 1.49. The van der Waals surface area contributed by atoms with Crippen LogP contribution in [0.5, 0.6) is 11.5 Å². The number of primary amides is 1. The predicted octanol–water partition coefficient (Wildman–Crippen LogP) is -0.454. The highest BCUT2D eigenvalue weighted by Gasteiger charge is 2.22. The van der Waals surface area contributed by atoms with Crippen LogP contribution in [0.15, 0.2) is 18.2 Å². The molecule has 0 fully saturated rings. The van der Waals surface area contributed by atoms with Gasteiger partial charge in [-0.15, -0.1) is 0 Å². The van der Waals surface area contributed by atoms with Gasteiger partial charge in [0.05, 0.1) is 5.56 Å². The molecule has 0 bridgehead atoms. The van der Waals surface area contributed by atoms with Gasteiger partial charge in [-0.1, -0.05) is 0 Å². The van der Waals surface area contributed by atoms with Crippen molar-refractivity contribution in [3.8, 4) is 11.5 Å². The van der Waals surface area contributed by atoms with E-state index in [0.29, 0.717) is 0 Å². The summed E-state index contributed by atoms with van der Waals surface area (Å²) in [5.41, 5.74) is 4.64. The lowest BCUT2D eigenvalue weighted by atomic mass is 10.1. The molecule has 2 amide bonds. The van der Waals surface area contributed by atoms with Gasteiger partial charge in [0, 0.05) is 6.42 Å². The van der Waals surface area contributed by atoms with Crippen molar-refractivity contribution in [2.24, 2.45) is 5.73 Å². The molecule has 0 heterocycles. The number of aliphatic carboxylic acids is 1. The van der Waals surface area contributed by atoms with Crippen LogP contribution in [0.4, 0.5) is 0 Å². The highest BCUT2D eigenvalue weighted by molar-refractivity contribution is 5.99. The van der Waals surface area contributed by atoms with Crippen LogP contribution < -0.4 is 11.1 Å². The average Bonchev–Trinajstić information content (AvgIpc) is 2.36. The summed E-state index contributed by atoms with van der Waals surface area (Å²) < 4.78 is 0. The fraction of sp³-hybridized carbons (Fsp3) is 0.250. The molecule has 0 spiro atoms. The van der Waals surface area contributed by atoms with Crippen molar-refractivity contribution in [3.05, 3.63) is 23.8 Å². The Labute approximate surface area is 113 Å². The van der Waals surface area contributed by atoms with Gasteiger partial charge in [0.15, 0.2) is 0 Å². The molecule has 108 valence electrons. The van der Waals surface area contributed by atoms with Crippen LogP contribution in [-0.2, 0) is 9.59 Å². The lowest BCUT2D eigenvalue weighted by Gasteiger charge is -2.14. The van der Waals surface area contributed by atoms with E-state index >= 15 is 0 Å². The number of phenols is 2. The minimum Gasteiger partial charge on any atom is -0.508 e. The van der Waals surface area contributed by atoms with E-state index < -0.39 is 29.6 Å². The van der Waals surface area contributed by atoms with Crippen molar-refractivity contribution in [2.45, 2.75) is 18.9 Å². The van der Waals surface area contributed by atoms with Crippen LogP contribution >= 0.6 is 0 Å². The number of nitrogens with two attached hydrogens (primary N) is 1. The Hall–Kier alpha value is -2.77. The van der Waals surface area contributed by atoms with Crippen LogP contribution in [0.25, 0.3) is 0 Å². The Bertz CT molecular complexity index is 543. The molecular formula is C12H14N2O6. The summed E-state index contributed by atoms with van der Waals surface area (Å²) in [5.74, 6) is -3.56. The molecule has 0 unspecified atom stereocenters. The lowest BCUT2D eigenvalue weighted by Crippen LogP contribution is -2.41. The molecular weight excluding hydrogens is 268 g/mol. The Morgan fingerprint density at radius 3 is 2.45 bits per heavy atom. The van der Waals surface area contributed by atoms with Gasteiger partial charge in [0.2, 0.25) is 5.91 Å². The topological polar surface area (TPSA) is 150 Å². The zero-order chi connectivity index (χ0) is 15.3. The number of benzene rings is 1. The maximum atomic E-state index is 11.8. The molecule has 1 aromatic carbocycles. The van der Waals surface area contributed by atoms with Gasteiger partial charge in [-0.2, -0.15) is 0 Å². The summed E-state index contributed by atoms with van der Waals surface area (Å²) in [7, 11) is 0. The highest BCUT2D eigenvalue weighted by atomic mass is 16.4. The standard InChI is InChI=1S/C12H14N2O6/c13-10(17)4-2-8(12(19)20)14-11(18)7-5-6(15)1-3-9(7)16/h1,3,5,8,15-16H,2,4H2,(H2,13,17)(H,14,18)(H,19,20)/t8-/m0/s1. The molecule has 8 heteroatoms. The van der Waals surface area contributed by atoms with Crippen molar-refractivity contribution in [3.63, 3.8) is 0 Å². The second-order valence-electron chi connectivity index (χ2n) is 4.07. The van der Waals surface area contributed by atoms with Crippen LogP contribution in [-0.4, -0.2) is 39.1 Å². The maximum Gasteiger partial charge on any atom is 0.326 e. The number of carbonyl (C=O) groups is 3. The first-order valence-corrected chi connectivity index (χ1v) is 5.65. The van der Waals surface area contributed by atoms with Gasteiger partial charge in [-0.25, -0.2) is 4.79 Å². The first kappa shape index (κ1) is 15.3. The zero-order valence-electron chi connectivity index (χ0n) is 10.4. The maximum absolute atomic E-state index is 11.8. The number of carboxylic acid groups (broad SMARTS) is 1. The third-order valence-electron chi connectivity index (χ3n) is 2.51. The number of hydrogen-bond acceptors (Lipinski definition) is 5. The van der Waals surface area contributed by atoms with Crippen molar-refractivity contribution >= 4 is 17.8 Å². The third-order valence-corrected chi connectivity index (χ3v) is 2.51. The van der Waals surface area contributed by atoms with Gasteiger partial charge in [0.1, 0.15) is 17.5 Å². The normalized spacial score (nSPS) is 11.6. The summed E-state index contributed by atoms with van der Waals surface area (Å²) in [4.78, 5) is 33.4. The Kier molecular flexibility index (Phi) is 4.90. The smallest absolute Gasteiger partial charge is 0.326 e. The van der Waals surface area contributed by atoms with Crippen molar-refractivity contribution in [1.29, 1.82) is 0 Å². The van der Waals surface area contributed by atoms with E-state index in [1.165, 1.54) is 6.07 Å². The molecule has 6 N–H and O–H groups in total. The van der Waals surface area contributed by atoms with E-state index in [9.17, 15) is 24.6 Å². The molecule has 20 heavy (non-hydrogen) atoms. The zero-order valence-corrected chi connectivity index (χ0v) is 10.4. The van der Waals surface area contributed by atoms with Gasteiger partial charge in [-0.3, -0.25) is 9.59 Å². The molecule has 0 aliphatic rings. The minimum atomic E-state index is -1.33. The monoisotopic (exact) mass is 282 g/mol. The van der Waals surface area contributed by atoms with Gasteiger partial charge < -0.3 is 26.4 Å². The summed E-state index contributed by atoms with van der Waals surface area (Å²) in [5, 5.41) is 29.8. The van der Waals surface area contributed by atoms with E-state index in [2.05, 4.69) is 5.32 Å². The van der Waals surface area contributed by atoms with Crippen LogP contribution in [0.1, 0.15) is 23.2 Å². The lowest BCUT2D eigenvalue weighted by molar-refractivity contribution is -0.139. The summed E-state index contributed by atoms with van der Waals surface area (Å²) in [6.07, 6.45) is -0.376. The fourth-order valence-electron chi connectivity index (χ4n) is 1.49. The molecule has 0 aliphatic heterocycles. The number of nitrogens with one attached hydrogen (secondary N) is 1. The Balaban J connectivity index is 2.82. The summed E-state index contributed by atoms with van der Waals surface area (Å²) >= 11 is 0. The number of hydrogen-bond donors (Lipinski definition) is 5. The Morgan fingerprint density at radius 1 is 1.25 bits per heavy atom. The molecule has 0 saturated heterocycles. The molecule has 1 rings (SSSR count). The molecule has 0 aromatic heterocycles. The van der Waals surface area contributed by atoms with Crippen LogP contribution in [0.2, 0.25) is 0 Å². The second kappa shape index (κ2) is 6.41. The Morgan fingerprint density at radius 2 is 1.90 bits per heavy atom. The van der Waals surface area contributed by atoms with E-state index in [0.717, 1.165) is 12.1 Å². The molecule has 0 aliphatic carbocycles. The van der Waals surface area contributed by atoms with Gasteiger partial charge in [-0.05, 0) is 24.6 Å². The number of rotatable bonds is 6. The number of aromatic hydroxyl groups is 2. The van der Waals surface area contributed by atoms with Gasteiger partial charge in [0.25, 0.3) is 5.91 Å². The minimum absolute atomic E-state index is 0.171. The summed E-state index contributed by atoms with van der Waals surface area (Å²) in [6.45, 7) is 0. The quantitative estimate of drug-likeness (QED) is 0.446. The SMILES string of the molecule is NC(=O)CC[C@H](NC(=O)c1cc(O)ccc1O)C(=O)O. The van der Waals surface area contributed by atoms with E-state index in [-0.39, 0.29) is 24.2 Å². The average molecular weight is 282 g/mol. The van der Waals surface area contributed by atoms with Gasteiger partial charge >= 0.3 is 5.97 Å². The van der Waals surface area contributed by atoms with E-state index in [4.69, 9.17) is 10.8 Å². The van der Waals surface area contributed by atoms with Crippen molar-refractivity contribution in [1.82, 2.24) is 5.32 Å². The highest BCUT2D eigenvalue weighted by Crippen LogP contribution is 2.22. The molecule has 0 radical (unpaired) electrons. The summed E-state index contributed by atoms with van der Waals surface area (Å²) in [6, 6.07) is 1.95. The first-order chi connectivity index (χ1) is 9.31. The van der Waals surface area contributed by atoms with Crippen LogP contribution in [0.3, 0.4) is 0 Å². The molecule has 0 saturated carbocycles. The largest absolute Gasteiger partial charge is 0.508 e. The van der Waals surface area contributed by atoms with Crippen molar-refractivity contribution in [2.75, 3.05) is 0 Å². The second-order valence-corrected chi connectivity index (χ2v) is 4.07. The molecule has 8 nitrogen and oxygen atoms in total. The van der Waals surface area contributed by atoms with E-state index in [1.54, 1.807) is 0 Å². The predicted molar refractivity (Wildman–Crippen MR) is 67.1 cm³/mol. The first-order valence-electron chi connectivity index (χ1n) is 5.65. The van der Waals surface area contributed by atoms with Crippen molar-refractivity contribution < 1.29 is 29.7 Å². The number of amides is 2. The molecule has 1 aromatic rings.